The lowest BCUT2D eigenvalue weighted by Gasteiger charge is -2.43. The molecule has 144 valence electrons. The summed E-state index contributed by atoms with van der Waals surface area (Å²) < 4.78 is 14.5. The molecule has 0 unspecified atom stereocenters. The van der Waals surface area contributed by atoms with E-state index in [1.807, 2.05) is 12.1 Å². The third-order valence-electron chi connectivity index (χ3n) is 5.35. The van der Waals surface area contributed by atoms with E-state index in [0.717, 1.165) is 46.2 Å². The zero-order valence-electron chi connectivity index (χ0n) is 15.1. The summed E-state index contributed by atoms with van der Waals surface area (Å²) in [5.41, 5.74) is 8.48. The van der Waals surface area contributed by atoms with Crippen molar-refractivity contribution in [1.82, 2.24) is 4.90 Å². The van der Waals surface area contributed by atoms with E-state index < -0.39 is 0 Å². The monoisotopic (exact) mass is 494 g/mol. The number of rotatable bonds is 4. The highest BCUT2D eigenvalue weighted by molar-refractivity contribution is 9.11. The summed E-state index contributed by atoms with van der Waals surface area (Å²) in [5, 5.41) is 0. The fourth-order valence-electron chi connectivity index (χ4n) is 3.99. The highest BCUT2D eigenvalue weighted by Gasteiger charge is 2.37. The van der Waals surface area contributed by atoms with Gasteiger partial charge >= 0.3 is 0 Å². The normalized spacial score (nSPS) is 23.7. The molecule has 0 spiro atoms. The van der Waals surface area contributed by atoms with Crippen molar-refractivity contribution in [2.75, 3.05) is 19.7 Å². The zero-order valence-corrected chi connectivity index (χ0v) is 18.3. The fraction of sp³-hybridized carbons (Fsp3) is 0.429. The van der Waals surface area contributed by atoms with Crippen LogP contribution < -0.4 is 10.5 Å². The molecule has 1 saturated heterocycles. The molecule has 0 aromatic heterocycles. The van der Waals surface area contributed by atoms with Crippen LogP contribution in [0, 0.1) is 0 Å². The van der Waals surface area contributed by atoms with Gasteiger partial charge < -0.3 is 15.2 Å². The third kappa shape index (κ3) is 4.57. The van der Waals surface area contributed by atoms with Gasteiger partial charge in [0.15, 0.2) is 0 Å². The Morgan fingerprint density at radius 3 is 2.52 bits per heavy atom. The Morgan fingerprint density at radius 2 is 1.78 bits per heavy atom. The predicted octanol–water partition coefficient (Wildman–Crippen LogP) is 4.65. The van der Waals surface area contributed by atoms with Gasteiger partial charge in [-0.1, -0.05) is 50.1 Å². The number of fused-ring (bicyclic) bond motifs is 1. The van der Waals surface area contributed by atoms with Crippen LogP contribution in [0.25, 0.3) is 0 Å². The maximum atomic E-state index is 6.39. The number of halogens is 2. The quantitative estimate of drug-likeness (QED) is 0.670. The van der Waals surface area contributed by atoms with Crippen molar-refractivity contribution in [3.05, 3.63) is 62.5 Å². The lowest BCUT2D eigenvalue weighted by molar-refractivity contribution is -0.0640. The predicted molar refractivity (Wildman–Crippen MR) is 114 cm³/mol. The van der Waals surface area contributed by atoms with Gasteiger partial charge in [-0.2, -0.15) is 0 Å². The average Bonchev–Trinajstić information content (AvgIpc) is 2.66. The number of piperidine rings is 1. The van der Waals surface area contributed by atoms with E-state index in [4.69, 9.17) is 15.2 Å². The summed E-state index contributed by atoms with van der Waals surface area (Å²) in [6.45, 7) is 3.13. The summed E-state index contributed by atoms with van der Waals surface area (Å²) in [4.78, 5) is 2.52. The zero-order chi connectivity index (χ0) is 18.8. The first-order valence-corrected chi connectivity index (χ1v) is 11.0. The van der Waals surface area contributed by atoms with E-state index in [0.29, 0.717) is 19.3 Å². The van der Waals surface area contributed by atoms with Crippen molar-refractivity contribution in [1.29, 1.82) is 0 Å². The van der Waals surface area contributed by atoms with Crippen LogP contribution in [-0.2, 0) is 11.3 Å². The molecule has 2 aliphatic rings. The van der Waals surface area contributed by atoms with Gasteiger partial charge in [-0.05, 0) is 42.7 Å². The lowest BCUT2D eigenvalue weighted by atomic mass is 9.93. The van der Waals surface area contributed by atoms with Gasteiger partial charge in [0.05, 0.1) is 12.6 Å². The van der Waals surface area contributed by atoms with Crippen LogP contribution in [0.4, 0.5) is 0 Å². The van der Waals surface area contributed by atoms with E-state index in [-0.39, 0.29) is 12.1 Å². The number of benzene rings is 2. The molecule has 0 saturated carbocycles. The smallest absolute Gasteiger partial charge is 0.124 e. The first-order valence-electron chi connectivity index (χ1n) is 9.38. The van der Waals surface area contributed by atoms with E-state index in [9.17, 15) is 0 Å². The van der Waals surface area contributed by atoms with Gasteiger partial charge in [0.25, 0.3) is 0 Å². The molecule has 0 radical (unpaired) electrons. The molecule has 4 nitrogen and oxygen atoms in total. The Balaban J connectivity index is 1.55. The molecule has 2 aliphatic heterocycles. The average molecular weight is 496 g/mol. The molecule has 2 heterocycles. The number of para-hydroxylation sites is 1. The molecule has 2 atom stereocenters. The van der Waals surface area contributed by atoms with Crippen LogP contribution in [-0.4, -0.2) is 36.7 Å². The van der Waals surface area contributed by atoms with Crippen molar-refractivity contribution in [3.63, 3.8) is 0 Å². The van der Waals surface area contributed by atoms with Crippen LogP contribution in [0.1, 0.15) is 30.0 Å². The molecular formula is C21H24Br2N2O2. The fourth-order valence-corrected chi connectivity index (χ4v) is 5.37. The topological polar surface area (TPSA) is 47.7 Å². The highest BCUT2D eigenvalue weighted by atomic mass is 79.9. The molecule has 0 bridgehead atoms. The van der Waals surface area contributed by atoms with Crippen molar-refractivity contribution in [2.24, 2.45) is 5.73 Å². The number of hydrogen-bond donors (Lipinski definition) is 1. The molecule has 1 fully saturated rings. The SMILES string of the molecule is NC1CCN([C@H]2c3ccccc3OC[C@@H]2OCc2cc(Br)cc(Br)c2)CC1. The third-order valence-corrected chi connectivity index (χ3v) is 6.26. The first-order chi connectivity index (χ1) is 13.1. The Morgan fingerprint density at radius 1 is 1.07 bits per heavy atom. The van der Waals surface area contributed by atoms with Crippen LogP contribution in [0.2, 0.25) is 0 Å². The molecule has 6 heteroatoms. The molecule has 4 rings (SSSR count). The number of nitrogens with two attached hydrogens (primary N) is 1. The Bertz CT molecular complexity index is 773. The van der Waals surface area contributed by atoms with E-state index in [2.05, 4.69) is 67.1 Å². The highest BCUT2D eigenvalue weighted by Crippen LogP contribution is 2.38. The Labute approximate surface area is 177 Å². The number of likely N-dealkylation sites (tertiary alicyclic amines) is 1. The van der Waals surface area contributed by atoms with E-state index in [1.54, 1.807) is 0 Å². The molecule has 0 amide bonds. The first kappa shape index (κ1) is 19.4. The van der Waals surface area contributed by atoms with Gasteiger partial charge in [-0.25, -0.2) is 0 Å². The molecule has 0 aliphatic carbocycles. The lowest BCUT2D eigenvalue weighted by Crippen LogP contribution is -2.48. The minimum absolute atomic E-state index is 0.00742. The Hall–Kier alpha value is -0.920. The minimum atomic E-state index is -0.00742. The van der Waals surface area contributed by atoms with Crippen molar-refractivity contribution >= 4 is 31.9 Å². The standard InChI is InChI=1S/C21H24Br2N2O2/c22-15-9-14(10-16(23)11-15)12-26-20-13-27-19-4-2-1-3-18(19)21(20)25-7-5-17(24)6-8-25/h1-4,9-11,17,20-21H,5-8,12-13,24H2/t20-,21-/m0/s1. The summed E-state index contributed by atoms with van der Waals surface area (Å²) in [7, 11) is 0. The van der Waals surface area contributed by atoms with Gasteiger partial charge in [0.1, 0.15) is 18.5 Å². The summed E-state index contributed by atoms with van der Waals surface area (Å²) in [6.07, 6.45) is 2.06. The largest absolute Gasteiger partial charge is 0.490 e. The molecular weight excluding hydrogens is 472 g/mol. The Kier molecular flexibility index (Phi) is 6.19. The van der Waals surface area contributed by atoms with Crippen LogP contribution in [0.5, 0.6) is 5.75 Å². The number of ether oxygens (including phenoxy) is 2. The summed E-state index contributed by atoms with van der Waals surface area (Å²) in [5.74, 6) is 0.974. The van der Waals surface area contributed by atoms with Crippen molar-refractivity contribution in [2.45, 2.75) is 37.6 Å². The van der Waals surface area contributed by atoms with E-state index >= 15 is 0 Å². The van der Waals surface area contributed by atoms with Crippen molar-refractivity contribution in [3.8, 4) is 5.75 Å². The maximum Gasteiger partial charge on any atom is 0.124 e. The van der Waals surface area contributed by atoms with Crippen molar-refractivity contribution < 1.29 is 9.47 Å². The molecule has 2 N–H and O–H groups in total. The number of nitrogens with zero attached hydrogens (tertiary/aromatic N) is 1. The maximum absolute atomic E-state index is 6.39. The minimum Gasteiger partial charge on any atom is -0.490 e. The van der Waals surface area contributed by atoms with Gasteiger partial charge in [-0.3, -0.25) is 4.90 Å². The number of hydrogen-bond acceptors (Lipinski definition) is 4. The molecule has 2 aromatic rings. The van der Waals surface area contributed by atoms with E-state index in [1.165, 1.54) is 5.56 Å². The van der Waals surface area contributed by atoms with Crippen LogP contribution in [0.3, 0.4) is 0 Å². The second-order valence-electron chi connectivity index (χ2n) is 7.29. The van der Waals surface area contributed by atoms with Crippen LogP contribution >= 0.6 is 31.9 Å². The van der Waals surface area contributed by atoms with Gasteiger partial charge in [0.2, 0.25) is 0 Å². The second kappa shape index (κ2) is 8.62. The summed E-state index contributed by atoms with van der Waals surface area (Å²) >= 11 is 7.10. The summed E-state index contributed by atoms with van der Waals surface area (Å²) in [6, 6.07) is 15.1. The second-order valence-corrected chi connectivity index (χ2v) is 9.13. The molecule has 27 heavy (non-hydrogen) atoms. The van der Waals surface area contributed by atoms with Crippen LogP contribution in [0.15, 0.2) is 51.4 Å². The van der Waals surface area contributed by atoms with Gasteiger partial charge in [0, 0.05) is 33.6 Å². The molecule has 2 aromatic carbocycles. The van der Waals surface area contributed by atoms with Gasteiger partial charge in [-0.15, -0.1) is 0 Å².